The minimum absolute atomic E-state index is 0.147. The first kappa shape index (κ1) is 46.1. The zero-order valence-corrected chi connectivity index (χ0v) is 34.9. The van der Waals surface area contributed by atoms with Gasteiger partial charge in [-0.3, -0.25) is 9.59 Å². The van der Waals surface area contributed by atoms with Gasteiger partial charge in [0.1, 0.15) is 29.7 Å². The zero-order chi connectivity index (χ0) is 40.4. The van der Waals surface area contributed by atoms with Crippen molar-refractivity contribution in [3.63, 3.8) is 0 Å². The van der Waals surface area contributed by atoms with E-state index in [1.165, 1.54) is 21.3 Å². The fourth-order valence-electron chi connectivity index (χ4n) is 8.82. The Bertz CT molecular complexity index is 1210. The molecule has 310 valence electrons. The van der Waals surface area contributed by atoms with Gasteiger partial charge in [0.15, 0.2) is 12.6 Å². The van der Waals surface area contributed by atoms with Crippen LogP contribution in [0.25, 0.3) is 0 Å². The first-order valence-corrected chi connectivity index (χ1v) is 19.3. The molecule has 3 rings (SSSR count). The summed E-state index contributed by atoms with van der Waals surface area (Å²) in [7, 11) is 8.26. The highest BCUT2D eigenvalue weighted by Gasteiger charge is 2.54. The lowest BCUT2D eigenvalue weighted by Crippen LogP contribution is -2.61. The van der Waals surface area contributed by atoms with Gasteiger partial charge in [-0.15, -0.1) is 0 Å². The molecule has 0 bridgehead atoms. The first-order valence-electron chi connectivity index (χ1n) is 19.3. The predicted molar refractivity (Wildman–Crippen MR) is 196 cm³/mol. The van der Waals surface area contributed by atoms with Gasteiger partial charge >= 0.3 is 5.97 Å². The summed E-state index contributed by atoms with van der Waals surface area (Å²) in [5.41, 5.74) is -3.66. The average Bonchev–Trinajstić information content (AvgIpc) is 3.12. The van der Waals surface area contributed by atoms with Crippen LogP contribution in [0.2, 0.25) is 0 Å². The molecule has 0 amide bonds. The molecular weight excluding hydrogens is 690 g/mol. The number of ketones is 1. The highest BCUT2D eigenvalue weighted by Crippen LogP contribution is 2.42. The number of hydrogen-bond acceptors (Lipinski definition) is 14. The molecule has 0 unspecified atom stereocenters. The van der Waals surface area contributed by atoms with Gasteiger partial charge in [-0.2, -0.15) is 0 Å². The number of cyclic esters (lactones) is 1. The van der Waals surface area contributed by atoms with Gasteiger partial charge in [-0.25, -0.2) is 0 Å². The number of rotatable bonds is 9. The lowest BCUT2D eigenvalue weighted by atomic mass is 9.73. The van der Waals surface area contributed by atoms with Crippen LogP contribution >= 0.6 is 0 Å². The van der Waals surface area contributed by atoms with Crippen molar-refractivity contribution < 1.29 is 62.8 Å². The number of esters is 1. The number of aliphatic hydroxyl groups is 3. The maximum atomic E-state index is 14.3. The van der Waals surface area contributed by atoms with E-state index in [0.717, 1.165) is 0 Å². The fraction of sp³-hybridized carbons (Fsp3) is 0.949. The quantitative estimate of drug-likeness (QED) is 0.293. The van der Waals surface area contributed by atoms with Crippen LogP contribution < -0.4 is 0 Å². The van der Waals surface area contributed by atoms with Gasteiger partial charge < -0.3 is 58.1 Å². The summed E-state index contributed by atoms with van der Waals surface area (Å²) in [6, 6.07) is -0.272. The van der Waals surface area contributed by atoms with Gasteiger partial charge in [0.2, 0.25) is 0 Å². The third-order valence-electron chi connectivity index (χ3n) is 12.7. The van der Waals surface area contributed by atoms with Crippen molar-refractivity contribution in [2.24, 2.45) is 23.7 Å². The minimum Gasteiger partial charge on any atom is -0.459 e. The van der Waals surface area contributed by atoms with Crippen molar-refractivity contribution in [3.05, 3.63) is 0 Å². The smallest absolute Gasteiger partial charge is 0.311 e. The van der Waals surface area contributed by atoms with Crippen LogP contribution in [0.4, 0.5) is 0 Å². The maximum Gasteiger partial charge on any atom is 0.311 e. The number of hydrogen-bond donors (Lipinski definition) is 3. The Morgan fingerprint density at radius 1 is 0.811 bits per heavy atom. The van der Waals surface area contributed by atoms with Crippen LogP contribution in [0, 0.1) is 23.7 Å². The van der Waals surface area contributed by atoms with E-state index in [1.54, 1.807) is 41.5 Å². The number of Topliss-reactive ketones (excluding diaryl/α,β-unsaturated/α-hetero) is 1. The molecule has 0 aromatic rings. The molecule has 3 aliphatic heterocycles. The van der Waals surface area contributed by atoms with Crippen LogP contribution in [-0.2, 0) is 47.5 Å². The van der Waals surface area contributed by atoms with Gasteiger partial charge in [-0.1, -0.05) is 27.7 Å². The molecule has 3 heterocycles. The summed E-state index contributed by atoms with van der Waals surface area (Å²) in [6.45, 7) is 17.7. The molecule has 0 aromatic heterocycles. The molecule has 14 heteroatoms. The van der Waals surface area contributed by atoms with Crippen LogP contribution in [-0.4, -0.2) is 152 Å². The van der Waals surface area contributed by atoms with E-state index in [-0.39, 0.29) is 30.8 Å². The molecule has 3 saturated heterocycles. The van der Waals surface area contributed by atoms with E-state index in [0.29, 0.717) is 12.8 Å². The summed E-state index contributed by atoms with van der Waals surface area (Å²) < 4.78 is 50.2. The lowest BCUT2D eigenvalue weighted by molar-refractivity contribution is -0.319. The van der Waals surface area contributed by atoms with E-state index in [1.807, 2.05) is 46.7 Å². The third kappa shape index (κ3) is 9.64. The molecule has 14 nitrogen and oxygen atoms in total. The monoisotopic (exact) mass is 761 g/mol. The predicted octanol–water partition coefficient (Wildman–Crippen LogP) is 3.09. The second kappa shape index (κ2) is 18.3. The van der Waals surface area contributed by atoms with Crippen molar-refractivity contribution in [1.82, 2.24) is 4.90 Å². The summed E-state index contributed by atoms with van der Waals surface area (Å²) >= 11 is 0. The van der Waals surface area contributed by atoms with E-state index in [2.05, 4.69) is 0 Å². The number of methoxy groups -OCH3 is 3. The van der Waals surface area contributed by atoms with Crippen LogP contribution in [0.1, 0.15) is 94.9 Å². The number of carbonyl (C=O) groups is 2. The molecule has 3 N–H and O–H groups in total. The summed E-state index contributed by atoms with van der Waals surface area (Å²) in [6.07, 6.45) is -7.89. The number of nitrogens with zero attached hydrogens (tertiary/aromatic N) is 1. The van der Waals surface area contributed by atoms with Gasteiger partial charge in [0, 0.05) is 51.5 Å². The number of carbonyl (C=O) groups excluding carboxylic acids is 2. The zero-order valence-electron chi connectivity index (χ0n) is 34.9. The SMILES string of the molecule is CC[C@H]1OC(=O)[C@H](C)[C@@H](O[C@H]2C[C@@](C)(OC)[C@@H](O)[C@H](C)O2)[C@@H](C)[C@@H](O[C@@H]2O[C@H](C)C[C@H](N(C)C)[C@H]2O)[C@](C)(OC)C[C@@H](C)C(=O)[C@H](C)[C@@H](O)[C@]1(C)OC. The highest BCUT2D eigenvalue weighted by molar-refractivity contribution is 5.83. The number of likely N-dealkylation sites (N-methyl/N-ethyl adjacent to an activating group) is 1. The molecule has 53 heavy (non-hydrogen) atoms. The Hall–Kier alpha value is -1.30. The van der Waals surface area contributed by atoms with E-state index in [4.69, 9.17) is 37.9 Å². The molecule has 3 aliphatic rings. The average molecular weight is 762 g/mol. The molecule has 0 radical (unpaired) electrons. The highest BCUT2D eigenvalue weighted by atomic mass is 16.7. The second-order valence-corrected chi connectivity index (χ2v) is 16.8. The molecule has 3 fully saturated rings. The molecule has 0 spiro atoms. The standard InChI is InChI=1S/C39H71NO13/c1-16-27-39(10,48-15)32(43)22(4)29(41)20(2)18-38(9,47-14)34(53-36-30(42)26(40(11)12)17-21(3)49-36)23(5)31(24(6)35(45)51-27)52-28-19-37(8,46-13)33(44)25(7)50-28/h20-28,30-34,36,42-44H,16-19H2,1-15H3/t20-,21-,22+,23-,24-,25+,26+,27-,28+,30-,31+,32-,33+,34-,36+,37-,38-,39-/m1/s1. The molecule has 0 aromatic carbocycles. The molecule has 0 saturated carbocycles. The number of aliphatic hydroxyl groups excluding tert-OH is 3. The Labute approximate surface area is 317 Å². The van der Waals surface area contributed by atoms with Gasteiger partial charge in [-0.05, 0) is 74.9 Å². The van der Waals surface area contributed by atoms with E-state index >= 15 is 0 Å². The molecule has 0 aliphatic carbocycles. The topological polar surface area (TPSA) is 172 Å². The van der Waals surface area contributed by atoms with E-state index < -0.39 is 102 Å². The Balaban J connectivity index is 2.24. The first-order chi connectivity index (χ1) is 24.5. The molecule has 18 atom stereocenters. The van der Waals surface area contributed by atoms with Crippen molar-refractivity contribution >= 4 is 11.8 Å². The maximum absolute atomic E-state index is 14.3. The van der Waals surface area contributed by atoms with Crippen LogP contribution in [0.3, 0.4) is 0 Å². The fourth-order valence-corrected chi connectivity index (χ4v) is 8.82. The van der Waals surface area contributed by atoms with Gasteiger partial charge in [0.25, 0.3) is 0 Å². The largest absolute Gasteiger partial charge is 0.459 e. The summed E-state index contributed by atoms with van der Waals surface area (Å²) in [5.74, 6) is -4.02. The van der Waals surface area contributed by atoms with E-state index in [9.17, 15) is 24.9 Å². The number of ether oxygens (including phenoxy) is 8. The van der Waals surface area contributed by atoms with Crippen LogP contribution in [0.15, 0.2) is 0 Å². The Kier molecular flexibility index (Phi) is 15.9. The Morgan fingerprint density at radius 3 is 1.94 bits per heavy atom. The van der Waals surface area contributed by atoms with Gasteiger partial charge in [0.05, 0.1) is 47.6 Å². The van der Waals surface area contributed by atoms with Crippen molar-refractivity contribution in [1.29, 1.82) is 0 Å². The summed E-state index contributed by atoms with van der Waals surface area (Å²) in [5, 5.41) is 34.3. The van der Waals surface area contributed by atoms with Crippen molar-refractivity contribution in [2.75, 3.05) is 35.4 Å². The normalized spacial score (nSPS) is 48.3. The van der Waals surface area contributed by atoms with Crippen molar-refractivity contribution in [3.8, 4) is 0 Å². The lowest BCUT2D eigenvalue weighted by Gasteiger charge is -2.50. The Morgan fingerprint density at radius 2 is 1.42 bits per heavy atom. The minimum atomic E-state index is -1.42. The van der Waals surface area contributed by atoms with Crippen molar-refractivity contribution in [2.45, 2.75) is 179 Å². The second-order valence-electron chi connectivity index (χ2n) is 16.8. The summed E-state index contributed by atoms with van der Waals surface area (Å²) in [4.78, 5) is 30.4. The third-order valence-corrected chi connectivity index (χ3v) is 12.7. The molecular formula is C39H71NO13. The van der Waals surface area contributed by atoms with Crippen LogP contribution in [0.5, 0.6) is 0 Å².